The molecule has 3 amide bonds. The Bertz CT molecular complexity index is 947. The van der Waals surface area contributed by atoms with Crippen molar-refractivity contribution in [1.29, 1.82) is 0 Å². The number of fused-ring (bicyclic) bond motifs is 1. The number of nitrogens with one attached hydrogen (secondary N) is 1. The highest BCUT2D eigenvalue weighted by molar-refractivity contribution is 5.99. The molecule has 1 N–H and O–H groups in total. The fourth-order valence-electron chi connectivity index (χ4n) is 3.88. The van der Waals surface area contributed by atoms with Crippen molar-refractivity contribution < 1.29 is 23.9 Å². The zero-order chi connectivity index (χ0) is 21.8. The minimum Gasteiger partial charge on any atom is -0.497 e. The molecule has 8 heteroatoms. The summed E-state index contributed by atoms with van der Waals surface area (Å²) in [5.41, 5.74) is 1.52. The third-order valence-corrected chi connectivity index (χ3v) is 5.60. The standard InChI is InChI=1S/C23H25N3O5/c1-30-18-9-7-17(8-10-18)22(28)25-11-12-26-20(13-25)21(27)24-19(23(26)29)15-31-14-16-5-3-2-4-6-16/h2-10,19-20H,11-15H2,1H3,(H,24,27)/t19-,20+/m0/s1. The van der Waals surface area contributed by atoms with E-state index >= 15 is 0 Å². The van der Waals surface area contributed by atoms with Crippen LogP contribution in [0.4, 0.5) is 0 Å². The largest absolute Gasteiger partial charge is 0.497 e. The molecule has 2 aliphatic heterocycles. The summed E-state index contributed by atoms with van der Waals surface area (Å²) in [5, 5.41) is 2.76. The Labute approximate surface area is 180 Å². The van der Waals surface area contributed by atoms with Crippen LogP contribution in [0.3, 0.4) is 0 Å². The average molecular weight is 423 g/mol. The second-order valence-corrected chi connectivity index (χ2v) is 7.59. The summed E-state index contributed by atoms with van der Waals surface area (Å²) < 4.78 is 10.8. The van der Waals surface area contributed by atoms with Crippen molar-refractivity contribution in [3.63, 3.8) is 0 Å². The molecular weight excluding hydrogens is 398 g/mol. The molecule has 2 heterocycles. The predicted octanol–water partition coefficient (Wildman–Crippen LogP) is 1.06. The molecule has 31 heavy (non-hydrogen) atoms. The molecule has 0 aliphatic carbocycles. The second kappa shape index (κ2) is 9.18. The molecule has 2 fully saturated rings. The highest BCUT2D eigenvalue weighted by Crippen LogP contribution is 2.20. The Kier molecular flexibility index (Phi) is 6.18. The van der Waals surface area contributed by atoms with Crippen molar-refractivity contribution in [3.05, 3.63) is 65.7 Å². The van der Waals surface area contributed by atoms with Crippen LogP contribution in [-0.4, -0.2) is 73.0 Å². The summed E-state index contributed by atoms with van der Waals surface area (Å²) in [7, 11) is 1.56. The second-order valence-electron chi connectivity index (χ2n) is 7.59. The van der Waals surface area contributed by atoms with E-state index in [1.54, 1.807) is 41.2 Å². The molecule has 0 unspecified atom stereocenters. The van der Waals surface area contributed by atoms with Crippen molar-refractivity contribution in [2.75, 3.05) is 33.4 Å². The normalized spacial score (nSPS) is 20.8. The number of methoxy groups -OCH3 is 1. The molecule has 2 saturated heterocycles. The number of carbonyl (C=O) groups is 3. The first-order chi connectivity index (χ1) is 15.1. The van der Waals surface area contributed by atoms with Gasteiger partial charge in [0.05, 0.1) is 26.9 Å². The number of nitrogens with zero attached hydrogens (tertiary/aromatic N) is 2. The van der Waals surface area contributed by atoms with Gasteiger partial charge in [0.25, 0.3) is 5.91 Å². The Balaban J connectivity index is 1.35. The van der Waals surface area contributed by atoms with Crippen molar-refractivity contribution >= 4 is 17.7 Å². The molecular formula is C23H25N3O5. The lowest BCUT2D eigenvalue weighted by Gasteiger charge is -2.45. The number of ether oxygens (including phenoxy) is 2. The summed E-state index contributed by atoms with van der Waals surface area (Å²) >= 11 is 0. The average Bonchev–Trinajstić information content (AvgIpc) is 2.82. The molecule has 4 rings (SSSR count). The van der Waals surface area contributed by atoms with Gasteiger partial charge < -0.3 is 24.6 Å². The molecule has 0 spiro atoms. The van der Waals surface area contributed by atoms with Gasteiger partial charge in [0.2, 0.25) is 11.8 Å². The Morgan fingerprint density at radius 1 is 1.06 bits per heavy atom. The molecule has 0 radical (unpaired) electrons. The van der Waals surface area contributed by atoms with Crippen LogP contribution < -0.4 is 10.1 Å². The molecule has 2 aromatic rings. The van der Waals surface area contributed by atoms with Crippen molar-refractivity contribution in [2.24, 2.45) is 0 Å². The van der Waals surface area contributed by atoms with Crippen molar-refractivity contribution in [1.82, 2.24) is 15.1 Å². The molecule has 0 bridgehead atoms. The van der Waals surface area contributed by atoms with E-state index in [0.29, 0.717) is 31.0 Å². The van der Waals surface area contributed by atoms with Crippen LogP contribution in [0.1, 0.15) is 15.9 Å². The smallest absolute Gasteiger partial charge is 0.254 e. The summed E-state index contributed by atoms with van der Waals surface area (Å²) in [5.74, 6) is 0.0596. The van der Waals surface area contributed by atoms with E-state index < -0.39 is 12.1 Å². The summed E-state index contributed by atoms with van der Waals surface area (Å²) in [6, 6.07) is 15.1. The van der Waals surface area contributed by atoms with E-state index in [1.807, 2.05) is 30.3 Å². The van der Waals surface area contributed by atoms with E-state index in [0.717, 1.165) is 5.56 Å². The molecule has 2 aromatic carbocycles. The lowest BCUT2D eigenvalue weighted by Crippen LogP contribution is -2.70. The number of piperazine rings is 2. The maximum Gasteiger partial charge on any atom is 0.254 e. The molecule has 162 valence electrons. The van der Waals surface area contributed by atoms with Gasteiger partial charge in [-0.1, -0.05) is 30.3 Å². The van der Waals surface area contributed by atoms with Gasteiger partial charge in [0, 0.05) is 18.7 Å². The first kappa shape index (κ1) is 20.9. The molecule has 0 aromatic heterocycles. The predicted molar refractivity (Wildman–Crippen MR) is 112 cm³/mol. The molecule has 0 saturated carbocycles. The third-order valence-electron chi connectivity index (χ3n) is 5.60. The lowest BCUT2D eigenvalue weighted by atomic mass is 10.0. The van der Waals surface area contributed by atoms with Gasteiger partial charge in [-0.3, -0.25) is 14.4 Å². The minimum atomic E-state index is -0.712. The van der Waals surface area contributed by atoms with Gasteiger partial charge in [-0.05, 0) is 29.8 Å². The van der Waals surface area contributed by atoms with Crippen LogP contribution in [0.2, 0.25) is 0 Å². The van der Waals surface area contributed by atoms with Crippen molar-refractivity contribution in [2.45, 2.75) is 18.7 Å². The van der Waals surface area contributed by atoms with Crippen LogP contribution >= 0.6 is 0 Å². The highest BCUT2D eigenvalue weighted by Gasteiger charge is 2.44. The van der Waals surface area contributed by atoms with Gasteiger partial charge in [0.1, 0.15) is 17.8 Å². The number of hydrogen-bond donors (Lipinski definition) is 1. The minimum absolute atomic E-state index is 0.108. The maximum atomic E-state index is 12.9. The number of hydrogen-bond acceptors (Lipinski definition) is 5. The van der Waals surface area contributed by atoms with E-state index in [9.17, 15) is 14.4 Å². The van der Waals surface area contributed by atoms with E-state index in [-0.39, 0.29) is 30.9 Å². The van der Waals surface area contributed by atoms with Crippen LogP contribution in [0.5, 0.6) is 5.75 Å². The monoisotopic (exact) mass is 423 g/mol. The molecule has 2 aliphatic rings. The van der Waals surface area contributed by atoms with Crippen molar-refractivity contribution in [3.8, 4) is 5.75 Å². The van der Waals surface area contributed by atoms with E-state index in [2.05, 4.69) is 5.32 Å². The fourth-order valence-corrected chi connectivity index (χ4v) is 3.88. The van der Waals surface area contributed by atoms with Gasteiger partial charge in [-0.2, -0.15) is 0 Å². The van der Waals surface area contributed by atoms with Crippen LogP contribution in [0.15, 0.2) is 54.6 Å². The first-order valence-electron chi connectivity index (χ1n) is 10.2. The summed E-state index contributed by atoms with van der Waals surface area (Å²) in [6.07, 6.45) is 0. The van der Waals surface area contributed by atoms with E-state index in [4.69, 9.17) is 9.47 Å². The third kappa shape index (κ3) is 4.54. The molecule has 2 atom stereocenters. The zero-order valence-electron chi connectivity index (χ0n) is 17.3. The van der Waals surface area contributed by atoms with Gasteiger partial charge in [-0.25, -0.2) is 0 Å². The van der Waals surface area contributed by atoms with Crippen LogP contribution in [0, 0.1) is 0 Å². The van der Waals surface area contributed by atoms with Crippen LogP contribution in [0.25, 0.3) is 0 Å². The number of benzene rings is 2. The highest BCUT2D eigenvalue weighted by atomic mass is 16.5. The first-order valence-corrected chi connectivity index (χ1v) is 10.2. The summed E-state index contributed by atoms with van der Waals surface area (Å²) in [4.78, 5) is 41.6. The van der Waals surface area contributed by atoms with E-state index in [1.165, 1.54) is 0 Å². The Hall–Kier alpha value is -3.39. The Morgan fingerprint density at radius 3 is 2.52 bits per heavy atom. The van der Waals surface area contributed by atoms with Gasteiger partial charge >= 0.3 is 0 Å². The quantitative estimate of drug-likeness (QED) is 0.751. The SMILES string of the molecule is COc1ccc(C(=O)N2CCN3C(=O)[C@H](COCc4ccccc4)NC(=O)[C@H]3C2)cc1. The molecule has 8 nitrogen and oxygen atoms in total. The Morgan fingerprint density at radius 2 is 1.81 bits per heavy atom. The van der Waals surface area contributed by atoms with Crippen LogP contribution in [-0.2, 0) is 20.9 Å². The van der Waals surface area contributed by atoms with Gasteiger partial charge in [-0.15, -0.1) is 0 Å². The lowest BCUT2D eigenvalue weighted by molar-refractivity contribution is -0.154. The number of amides is 3. The number of rotatable bonds is 6. The fraction of sp³-hybridized carbons (Fsp3) is 0.348. The zero-order valence-corrected chi connectivity index (χ0v) is 17.3. The van der Waals surface area contributed by atoms with Gasteiger partial charge in [0.15, 0.2) is 0 Å². The summed E-state index contributed by atoms with van der Waals surface area (Å²) in [6.45, 7) is 1.33. The number of carbonyl (C=O) groups excluding carboxylic acids is 3. The maximum absolute atomic E-state index is 12.9. The topological polar surface area (TPSA) is 88.2 Å².